The quantitative estimate of drug-likeness (QED) is 0.932. The molecule has 1 aromatic carbocycles. The maximum Gasteiger partial charge on any atom is 0.223 e. The lowest BCUT2D eigenvalue weighted by Crippen LogP contribution is -2.38. The molecule has 2 unspecified atom stereocenters. The molecule has 2 aromatic rings. The van der Waals surface area contributed by atoms with Gasteiger partial charge in [-0.2, -0.15) is 0 Å². The molecule has 0 fully saturated rings. The molecule has 0 aliphatic heterocycles. The highest BCUT2D eigenvalue weighted by Crippen LogP contribution is 2.34. The van der Waals surface area contributed by atoms with Gasteiger partial charge >= 0.3 is 0 Å². The number of hydrogen-bond donors (Lipinski definition) is 1. The zero-order chi connectivity index (χ0) is 15.5. The third-order valence-corrected chi connectivity index (χ3v) is 5.50. The average molecular weight is 314 g/mol. The van der Waals surface area contributed by atoms with Crippen LogP contribution in [0.3, 0.4) is 0 Å². The van der Waals surface area contributed by atoms with Crippen molar-refractivity contribution < 1.29 is 4.79 Å². The number of hydrogen-bond acceptors (Lipinski definition) is 3. The second kappa shape index (κ2) is 6.61. The largest absolute Gasteiger partial charge is 0.353 e. The molecule has 1 aliphatic carbocycles. The Balaban J connectivity index is 1.74. The monoisotopic (exact) mass is 314 g/mol. The Kier molecular flexibility index (Phi) is 4.57. The molecule has 0 spiro atoms. The number of thiazole rings is 1. The number of nitrogens with one attached hydrogen (secondary N) is 1. The molecule has 0 bridgehead atoms. The molecular weight excluding hydrogens is 292 g/mol. The van der Waals surface area contributed by atoms with Crippen molar-refractivity contribution in [2.75, 3.05) is 0 Å². The summed E-state index contributed by atoms with van der Waals surface area (Å²) in [6.07, 6.45) is 3.63. The zero-order valence-electron chi connectivity index (χ0n) is 13.1. The van der Waals surface area contributed by atoms with E-state index in [1.54, 1.807) is 11.3 Å². The Morgan fingerprint density at radius 1 is 1.41 bits per heavy atom. The number of fused-ring (bicyclic) bond motifs is 1. The minimum atomic E-state index is 0.102. The van der Waals surface area contributed by atoms with E-state index >= 15 is 0 Å². The van der Waals surface area contributed by atoms with Crippen LogP contribution in [0.1, 0.15) is 37.3 Å². The molecule has 1 heterocycles. The molecule has 0 saturated carbocycles. The van der Waals surface area contributed by atoms with Gasteiger partial charge in [0.25, 0.3) is 0 Å². The van der Waals surface area contributed by atoms with E-state index in [1.165, 1.54) is 16.1 Å². The fourth-order valence-electron chi connectivity index (χ4n) is 2.77. The number of benzene rings is 1. The summed E-state index contributed by atoms with van der Waals surface area (Å²) in [7, 11) is 0. The summed E-state index contributed by atoms with van der Waals surface area (Å²) in [5, 5.41) is 4.19. The molecule has 3 nitrogen and oxygen atoms in total. The number of rotatable bonds is 4. The fourth-order valence-corrected chi connectivity index (χ4v) is 3.96. The van der Waals surface area contributed by atoms with Crippen molar-refractivity contribution in [2.45, 2.75) is 45.6 Å². The van der Waals surface area contributed by atoms with Gasteiger partial charge in [-0.1, -0.05) is 37.3 Å². The topological polar surface area (TPSA) is 42.0 Å². The third-order valence-electron chi connectivity index (χ3n) is 4.33. The fraction of sp³-hybridized carbons (Fsp3) is 0.444. The highest BCUT2D eigenvalue weighted by molar-refractivity contribution is 7.15. The Morgan fingerprint density at radius 3 is 2.91 bits per heavy atom. The van der Waals surface area contributed by atoms with Crippen LogP contribution in [-0.4, -0.2) is 16.9 Å². The van der Waals surface area contributed by atoms with Gasteiger partial charge in [0, 0.05) is 22.4 Å². The van der Waals surface area contributed by atoms with Crippen molar-refractivity contribution in [3.05, 3.63) is 40.9 Å². The summed E-state index contributed by atoms with van der Waals surface area (Å²) in [5.41, 5.74) is 2.36. The molecule has 22 heavy (non-hydrogen) atoms. The van der Waals surface area contributed by atoms with Gasteiger partial charge in [-0.25, -0.2) is 4.98 Å². The smallest absolute Gasteiger partial charge is 0.223 e. The van der Waals surface area contributed by atoms with Crippen molar-refractivity contribution in [2.24, 2.45) is 5.92 Å². The van der Waals surface area contributed by atoms with Gasteiger partial charge in [-0.05, 0) is 32.6 Å². The lowest BCUT2D eigenvalue weighted by molar-refractivity contribution is -0.125. The van der Waals surface area contributed by atoms with E-state index in [2.05, 4.69) is 31.3 Å². The lowest BCUT2D eigenvalue weighted by Gasteiger charge is -2.22. The minimum Gasteiger partial charge on any atom is -0.353 e. The Labute approximate surface area is 135 Å². The van der Waals surface area contributed by atoms with Crippen LogP contribution < -0.4 is 5.32 Å². The van der Waals surface area contributed by atoms with Gasteiger partial charge in [0.05, 0.1) is 5.69 Å². The molecule has 4 heteroatoms. The van der Waals surface area contributed by atoms with E-state index in [4.69, 9.17) is 4.98 Å². The van der Waals surface area contributed by atoms with Crippen LogP contribution in [0.2, 0.25) is 0 Å². The lowest BCUT2D eigenvalue weighted by atomic mass is 9.90. The maximum atomic E-state index is 12.3. The second-order valence-electron chi connectivity index (χ2n) is 6.01. The normalized spacial score (nSPS) is 18.5. The van der Waals surface area contributed by atoms with E-state index < -0.39 is 0 Å². The molecule has 2 atom stereocenters. The van der Waals surface area contributed by atoms with Crippen LogP contribution in [0, 0.1) is 5.92 Å². The molecule has 0 radical (unpaired) electrons. The van der Waals surface area contributed by atoms with Crippen molar-refractivity contribution >= 4 is 17.2 Å². The number of carbonyl (C=O) groups is 1. The predicted octanol–water partition coefficient (Wildman–Crippen LogP) is 3.83. The summed E-state index contributed by atoms with van der Waals surface area (Å²) in [5.74, 6) is 0.306. The van der Waals surface area contributed by atoms with Crippen LogP contribution in [0.25, 0.3) is 10.6 Å². The van der Waals surface area contributed by atoms with Crippen LogP contribution in [0.4, 0.5) is 0 Å². The molecule has 116 valence electrons. The molecule has 1 N–H and O–H groups in total. The van der Waals surface area contributed by atoms with Crippen molar-refractivity contribution in [1.82, 2.24) is 10.3 Å². The van der Waals surface area contributed by atoms with E-state index in [-0.39, 0.29) is 17.9 Å². The summed E-state index contributed by atoms with van der Waals surface area (Å²) in [6.45, 7) is 4.16. The number of carbonyl (C=O) groups excluding carboxylic acids is 1. The van der Waals surface area contributed by atoms with E-state index in [0.29, 0.717) is 0 Å². The highest BCUT2D eigenvalue weighted by Gasteiger charge is 2.28. The first-order chi connectivity index (χ1) is 10.7. The van der Waals surface area contributed by atoms with Gasteiger partial charge in [-0.15, -0.1) is 11.3 Å². The number of nitrogens with zero attached hydrogens (tertiary/aromatic N) is 1. The predicted molar refractivity (Wildman–Crippen MR) is 91.0 cm³/mol. The van der Waals surface area contributed by atoms with Gasteiger partial charge in [-0.3, -0.25) is 4.79 Å². The summed E-state index contributed by atoms with van der Waals surface area (Å²) in [6, 6.07) is 10.5. The maximum absolute atomic E-state index is 12.3. The van der Waals surface area contributed by atoms with Crippen molar-refractivity contribution in [3.8, 4) is 10.6 Å². The van der Waals surface area contributed by atoms with Crippen LogP contribution in [0.15, 0.2) is 30.3 Å². The standard InChI is InChI=1S/C18H22N2OS/c1-3-12(2)19-17(21)14-9-10-15-16(11-14)22-18(20-15)13-7-5-4-6-8-13/h4-8,12,14H,3,9-11H2,1-2H3,(H,19,21). The van der Waals surface area contributed by atoms with Crippen LogP contribution in [0.5, 0.6) is 0 Å². The average Bonchev–Trinajstić information content (AvgIpc) is 2.98. The van der Waals surface area contributed by atoms with Crippen LogP contribution >= 0.6 is 11.3 Å². The molecule has 1 aliphatic rings. The number of aryl methyl sites for hydroxylation is 1. The number of amides is 1. The molecule has 1 amide bonds. The molecule has 0 saturated heterocycles. The van der Waals surface area contributed by atoms with Gasteiger partial charge in [0.2, 0.25) is 5.91 Å². The van der Waals surface area contributed by atoms with E-state index in [0.717, 1.165) is 30.7 Å². The van der Waals surface area contributed by atoms with Crippen molar-refractivity contribution in [1.29, 1.82) is 0 Å². The summed E-state index contributed by atoms with van der Waals surface area (Å²) in [4.78, 5) is 18.4. The number of aromatic nitrogens is 1. The molecular formula is C18H22N2OS. The second-order valence-corrected chi connectivity index (χ2v) is 7.10. The van der Waals surface area contributed by atoms with E-state index in [1.807, 2.05) is 18.2 Å². The first-order valence-electron chi connectivity index (χ1n) is 8.01. The van der Waals surface area contributed by atoms with Crippen LogP contribution in [-0.2, 0) is 17.6 Å². The highest BCUT2D eigenvalue weighted by atomic mass is 32.1. The SMILES string of the molecule is CCC(C)NC(=O)C1CCc2nc(-c3ccccc3)sc2C1. The summed E-state index contributed by atoms with van der Waals surface area (Å²) >= 11 is 1.74. The first kappa shape index (κ1) is 15.2. The Morgan fingerprint density at radius 2 is 2.18 bits per heavy atom. The summed E-state index contributed by atoms with van der Waals surface area (Å²) < 4.78 is 0. The Bertz CT molecular complexity index is 650. The molecule has 1 aromatic heterocycles. The molecule has 3 rings (SSSR count). The van der Waals surface area contributed by atoms with Gasteiger partial charge in [0.1, 0.15) is 5.01 Å². The van der Waals surface area contributed by atoms with Gasteiger partial charge < -0.3 is 5.32 Å². The third kappa shape index (κ3) is 3.22. The minimum absolute atomic E-state index is 0.102. The van der Waals surface area contributed by atoms with Crippen molar-refractivity contribution in [3.63, 3.8) is 0 Å². The van der Waals surface area contributed by atoms with Gasteiger partial charge in [0.15, 0.2) is 0 Å². The van der Waals surface area contributed by atoms with E-state index in [9.17, 15) is 4.79 Å². The zero-order valence-corrected chi connectivity index (χ0v) is 14.0. The first-order valence-corrected chi connectivity index (χ1v) is 8.83. The Hall–Kier alpha value is -1.68.